The van der Waals surface area contributed by atoms with Crippen LogP contribution in [0.5, 0.6) is 0 Å². The van der Waals surface area contributed by atoms with Crippen LogP contribution < -0.4 is 11.1 Å². The number of pyridine rings is 1. The van der Waals surface area contributed by atoms with E-state index in [4.69, 9.17) is 5.73 Å². The molecule has 1 fully saturated rings. The second-order valence-corrected chi connectivity index (χ2v) is 4.46. The number of aryl methyl sites for hydroxylation is 1. The highest BCUT2D eigenvalue weighted by atomic mass is 16.6. The van der Waals surface area contributed by atoms with Crippen LogP contribution in [0.4, 0.5) is 11.5 Å². The monoisotopic (exact) mass is 236 g/mol. The van der Waals surface area contributed by atoms with Gasteiger partial charge in [0, 0.05) is 17.6 Å². The summed E-state index contributed by atoms with van der Waals surface area (Å²) in [5.74, 6) is 0.662. The molecule has 0 saturated heterocycles. The Morgan fingerprint density at radius 3 is 2.88 bits per heavy atom. The molecule has 1 aliphatic rings. The number of nitro groups is 1. The van der Waals surface area contributed by atoms with Crippen LogP contribution >= 0.6 is 0 Å². The maximum atomic E-state index is 10.7. The molecule has 2 atom stereocenters. The second kappa shape index (κ2) is 4.67. The normalized spacial score (nSPS) is 23.6. The van der Waals surface area contributed by atoms with Crippen molar-refractivity contribution in [3.63, 3.8) is 0 Å². The molecule has 92 valence electrons. The van der Waals surface area contributed by atoms with Crippen LogP contribution in [-0.2, 0) is 0 Å². The minimum Gasteiger partial charge on any atom is -0.366 e. The van der Waals surface area contributed by atoms with Gasteiger partial charge in [-0.2, -0.15) is 0 Å². The highest BCUT2D eigenvalue weighted by molar-refractivity contribution is 5.47. The molecule has 1 heterocycles. The first-order valence-electron chi connectivity index (χ1n) is 5.71. The summed E-state index contributed by atoms with van der Waals surface area (Å²) in [6, 6.07) is 2.07. The molecular weight excluding hydrogens is 220 g/mol. The van der Waals surface area contributed by atoms with Crippen molar-refractivity contribution >= 4 is 11.5 Å². The number of nitrogens with zero attached hydrogens (tertiary/aromatic N) is 2. The summed E-state index contributed by atoms with van der Waals surface area (Å²) < 4.78 is 0. The largest absolute Gasteiger partial charge is 0.366 e. The number of hydrogen-bond donors (Lipinski definition) is 2. The third-order valence-corrected chi connectivity index (χ3v) is 3.18. The summed E-state index contributed by atoms with van der Waals surface area (Å²) in [7, 11) is 0. The van der Waals surface area contributed by atoms with Gasteiger partial charge in [0.25, 0.3) is 5.69 Å². The topological polar surface area (TPSA) is 94.1 Å². The Morgan fingerprint density at radius 2 is 2.35 bits per heavy atom. The van der Waals surface area contributed by atoms with Crippen LogP contribution in [0.15, 0.2) is 12.3 Å². The molecule has 1 aliphatic carbocycles. The van der Waals surface area contributed by atoms with Gasteiger partial charge in [-0.25, -0.2) is 4.98 Å². The smallest absolute Gasteiger partial charge is 0.290 e. The number of nitrogens with two attached hydrogens (primary N) is 1. The van der Waals surface area contributed by atoms with E-state index in [0.29, 0.717) is 11.4 Å². The van der Waals surface area contributed by atoms with Crippen molar-refractivity contribution in [1.29, 1.82) is 0 Å². The first kappa shape index (κ1) is 11.8. The molecule has 0 spiro atoms. The van der Waals surface area contributed by atoms with Gasteiger partial charge in [0.15, 0.2) is 0 Å². The lowest BCUT2D eigenvalue weighted by molar-refractivity contribution is -0.385. The van der Waals surface area contributed by atoms with Crippen molar-refractivity contribution < 1.29 is 4.92 Å². The Bertz CT molecular complexity index is 435. The van der Waals surface area contributed by atoms with Gasteiger partial charge in [-0.1, -0.05) is 0 Å². The lowest BCUT2D eigenvalue weighted by atomic mass is 10.2. The van der Waals surface area contributed by atoms with Gasteiger partial charge in [0.2, 0.25) is 0 Å². The van der Waals surface area contributed by atoms with Crippen molar-refractivity contribution in [3.8, 4) is 0 Å². The fourth-order valence-corrected chi connectivity index (χ4v) is 2.18. The second-order valence-electron chi connectivity index (χ2n) is 4.46. The van der Waals surface area contributed by atoms with Crippen molar-refractivity contribution in [2.24, 2.45) is 5.73 Å². The summed E-state index contributed by atoms with van der Waals surface area (Å²) >= 11 is 0. The van der Waals surface area contributed by atoms with E-state index in [2.05, 4.69) is 10.3 Å². The van der Waals surface area contributed by atoms with Gasteiger partial charge >= 0.3 is 0 Å². The standard InChI is InChI=1S/C11H16N4O2/c1-7-5-11(13-6-10(7)15(16)17)14-9-4-2-3-8(9)12/h5-6,8-9H,2-4,12H2,1H3,(H,13,14). The number of aromatic nitrogens is 1. The van der Waals surface area contributed by atoms with Crippen LogP contribution in [-0.4, -0.2) is 22.0 Å². The fraction of sp³-hybridized carbons (Fsp3) is 0.545. The van der Waals surface area contributed by atoms with E-state index in [1.165, 1.54) is 6.20 Å². The molecule has 17 heavy (non-hydrogen) atoms. The van der Waals surface area contributed by atoms with Crippen molar-refractivity contribution in [1.82, 2.24) is 4.98 Å². The SMILES string of the molecule is Cc1cc(NC2CCCC2N)ncc1[N+](=O)[O-]. The zero-order chi connectivity index (χ0) is 12.4. The Labute approximate surface area is 99.4 Å². The molecule has 6 nitrogen and oxygen atoms in total. The Hall–Kier alpha value is -1.69. The van der Waals surface area contributed by atoms with E-state index >= 15 is 0 Å². The molecular formula is C11H16N4O2. The number of nitrogens with one attached hydrogen (secondary N) is 1. The molecule has 1 saturated carbocycles. The fourth-order valence-electron chi connectivity index (χ4n) is 2.18. The van der Waals surface area contributed by atoms with Gasteiger partial charge in [-0.15, -0.1) is 0 Å². The predicted molar refractivity (Wildman–Crippen MR) is 64.9 cm³/mol. The van der Waals surface area contributed by atoms with Gasteiger partial charge < -0.3 is 11.1 Å². The quantitative estimate of drug-likeness (QED) is 0.614. The minimum atomic E-state index is -0.423. The van der Waals surface area contributed by atoms with E-state index in [9.17, 15) is 10.1 Å². The van der Waals surface area contributed by atoms with Crippen LogP contribution in [0.25, 0.3) is 0 Å². The van der Waals surface area contributed by atoms with E-state index in [-0.39, 0.29) is 17.8 Å². The third kappa shape index (κ3) is 2.52. The minimum absolute atomic E-state index is 0.0475. The molecule has 1 aromatic heterocycles. The van der Waals surface area contributed by atoms with Crippen LogP contribution in [0, 0.1) is 17.0 Å². The average Bonchev–Trinajstić information content (AvgIpc) is 2.64. The van der Waals surface area contributed by atoms with Crippen molar-refractivity contribution in [2.45, 2.75) is 38.3 Å². The zero-order valence-electron chi connectivity index (χ0n) is 9.72. The summed E-state index contributed by atoms with van der Waals surface area (Å²) in [5.41, 5.74) is 6.60. The molecule has 0 aromatic carbocycles. The zero-order valence-corrected chi connectivity index (χ0v) is 9.72. The summed E-state index contributed by atoms with van der Waals surface area (Å²) in [4.78, 5) is 14.3. The van der Waals surface area contributed by atoms with Gasteiger partial charge in [0.1, 0.15) is 12.0 Å². The Balaban J connectivity index is 2.12. The number of anilines is 1. The molecule has 2 rings (SSSR count). The molecule has 3 N–H and O–H groups in total. The predicted octanol–water partition coefficient (Wildman–Crippen LogP) is 1.59. The average molecular weight is 236 g/mol. The molecule has 6 heteroatoms. The number of hydrogen-bond acceptors (Lipinski definition) is 5. The van der Waals surface area contributed by atoms with Gasteiger partial charge in [0.05, 0.1) is 4.92 Å². The number of rotatable bonds is 3. The Morgan fingerprint density at radius 1 is 1.59 bits per heavy atom. The van der Waals surface area contributed by atoms with E-state index in [1.54, 1.807) is 13.0 Å². The lowest BCUT2D eigenvalue weighted by Gasteiger charge is -2.17. The molecule has 0 bridgehead atoms. The summed E-state index contributed by atoms with van der Waals surface area (Å²) in [6.45, 7) is 1.71. The molecule has 0 amide bonds. The lowest BCUT2D eigenvalue weighted by Crippen LogP contribution is -2.35. The van der Waals surface area contributed by atoms with E-state index in [0.717, 1.165) is 19.3 Å². The molecule has 0 aliphatic heterocycles. The molecule has 0 radical (unpaired) electrons. The van der Waals surface area contributed by atoms with E-state index < -0.39 is 4.92 Å². The third-order valence-electron chi connectivity index (χ3n) is 3.18. The Kier molecular flexibility index (Phi) is 3.23. The maximum Gasteiger partial charge on any atom is 0.290 e. The summed E-state index contributed by atoms with van der Waals surface area (Å²) in [6.07, 6.45) is 4.45. The van der Waals surface area contributed by atoms with Crippen molar-refractivity contribution in [3.05, 3.63) is 27.9 Å². The summed E-state index contributed by atoms with van der Waals surface area (Å²) in [5, 5.41) is 13.9. The van der Waals surface area contributed by atoms with Crippen LogP contribution in [0.2, 0.25) is 0 Å². The highest BCUT2D eigenvalue weighted by Gasteiger charge is 2.24. The molecule has 1 aromatic rings. The van der Waals surface area contributed by atoms with Gasteiger partial charge in [-0.05, 0) is 32.3 Å². The first-order chi connectivity index (χ1) is 8.08. The molecule has 2 unspecified atom stereocenters. The van der Waals surface area contributed by atoms with Crippen LogP contribution in [0.1, 0.15) is 24.8 Å². The van der Waals surface area contributed by atoms with E-state index in [1.807, 2.05) is 0 Å². The first-order valence-corrected chi connectivity index (χ1v) is 5.71. The maximum absolute atomic E-state index is 10.7. The highest BCUT2D eigenvalue weighted by Crippen LogP contribution is 2.23. The van der Waals surface area contributed by atoms with Crippen LogP contribution in [0.3, 0.4) is 0 Å². The van der Waals surface area contributed by atoms with Crippen molar-refractivity contribution in [2.75, 3.05) is 5.32 Å². The van der Waals surface area contributed by atoms with Gasteiger partial charge in [-0.3, -0.25) is 10.1 Å².